The van der Waals surface area contributed by atoms with E-state index in [-0.39, 0.29) is 0 Å². The van der Waals surface area contributed by atoms with Crippen LogP contribution in [0.5, 0.6) is 0 Å². The molecule has 0 spiro atoms. The zero-order chi connectivity index (χ0) is 32.9. The van der Waals surface area contributed by atoms with Crippen molar-refractivity contribution < 1.29 is 8.83 Å². The molecule has 9 rings (SSSR count). The number of hydrogen-bond donors (Lipinski definition) is 0. The summed E-state index contributed by atoms with van der Waals surface area (Å²) in [5.74, 6) is 0. The lowest BCUT2D eigenvalue weighted by Crippen LogP contribution is -2.09. The van der Waals surface area contributed by atoms with Gasteiger partial charge in [-0.25, -0.2) is 0 Å². The molecule has 5 heteroatoms. The van der Waals surface area contributed by atoms with Crippen LogP contribution >= 0.6 is 0 Å². The average molecular weight is 628 g/mol. The van der Waals surface area contributed by atoms with Crippen LogP contribution < -0.4 is 4.90 Å². The third-order valence-electron chi connectivity index (χ3n) is 9.18. The van der Waals surface area contributed by atoms with Crippen molar-refractivity contribution in [3.63, 3.8) is 0 Å². The predicted molar refractivity (Wildman–Crippen MR) is 196 cm³/mol. The minimum atomic E-state index is 0.366. The van der Waals surface area contributed by atoms with Gasteiger partial charge in [0.15, 0.2) is 0 Å². The van der Waals surface area contributed by atoms with Gasteiger partial charge in [0, 0.05) is 44.2 Å². The van der Waals surface area contributed by atoms with Crippen LogP contribution in [0, 0.1) is 22.7 Å². The number of nitriles is 2. The van der Waals surface area contributed by atoms with Crippen molar-refractivity contribution in [3.8, 4) is 34.4 Å². The molecule has 7 aromatic carbocycles. The van der Waals surface area contributed by atoms with Gasteiger partial charge in [0.05, 0.1) is 11.1 Å². The first-order chi connectivity index (χ1) is 24.2. The Morgan fingerprint density at radius 2 is 0.980 bits per heavy atom. The van der Waals surface area contributed by atoms with Crippen molar-refractivity contribution in [2.45, 2.75) is 0 Å². The second-order valence-electron chi connectivity index (χ2n) is 12.0. The Bertz CT molecular complexity index is 2790. The Morgan fingerprint density at radius 1 is 0.408 bits per heavy atom. The number of para-hydroxylation sites is 3. The molecule has 0 bridgehead atoms. The second-order valence-corrected chi connectivity index (χ2v) is 12.0. The van der Waals surface area contributed by atoms with E-state index in [1.54, 1.807) is 12.1 Å². The van der Waals surface area contributed by atoms with Crippen LogP contribution in [-0.4, -0.2) is 0 Å². The van der Waals surface area contributed by atoms with Crippen LogP contribution in [0.4, 0.5) is 17.1 Å². The van der Waals surface area contributed by atoms with Crippen molar-refractivity contribution in [2.24, 2.45) is 0 Å². The van der Waals surface area contributed by atoms with E-state index < -0.39 is 0 Å². The molecule has 0 aliphatic rings. The first-order valence-electron chi connectivity index (χ1n) is 16.0. The number of rotatable bonds is 5. The Hall–Kier alpha value is -7.08. The fourth-order valence-corrected chi connectivity index (χ4v) is 6.78. The van der Waals surface area contributed by atoms with E-state index in [9.17, 15) is 10.5 Å². The first kappa shape index (κ1) is 28.2. The van der Waals surface area contributed by atoms with Gasteiger partial charge in [0.1, 0.15) is 34.5 Å². The molecule has 0 atom stereocenters. The smallest absolute Gasteiger partial charge is 0.143 e. The molecular formula is C44H25N3O2. The quantitative estimate of drug-likeness (QED) is 0.190. The van der Waals surface area contributed by atoms with Crippen LogP contribution in [-0.2, 0) is 0 Å². The van der Waals surface area contributed by atoms with Crippen LogP contribution in [0.3, 0.4) is 0 Å². The second kappa shape index (κ2) is 11.3. The summed E-state index contributed by atoms with van der Waals surface area (Å²) in [7, 11) is 0. The highest BCUT2D eigenvalue weighted by molar-refractivity contribution is 6.10. The highest BCUT2D eigenvalue weighted by Gasteiger charge is 2.17. The van der Waals surface area contributed by atoms with Gasteiger partial charge in [0.25, 0.3) is 0 Å². The van der Waals surface area contributed by atoms with E-state index in [2.05, 4.69) is 95.9 Å². The van der Waals surface area contributed by atoms with Gasteiger partial charge in [-0.2, -0.15) is 10.5 Å². The van der Waals surface area contributed by atoms with Crippen molar-refractivity contribution in [1.29, 1.82) is 10.5 Å². The number of hydrogen-bond acceptors (Lipinski definition) is 5. The molecule has 0 N–H and O–H groups in total. The molecule has 2 aromatic heterocycles. The fourth-order valence-electron chi connectivity index (χ4n) is 6.78. The molecule has 0 aliphatic heterocycles. The summed E-state index contributed by atoms with van der Waals surface area (Å²) in [6, 6.07) is 55.3. The van der Waals surface area contributed by atoms with Crippen LogP contribution in [0.1, 0.15) is 11.1 Å². The van der Waals surface area contributed by atoms with Gasteiger partial charge >= 0.3 is 0 Å². The van der Waals surface area contributed by atoms with Gasteiger partial charge in [-0.1, -0.05) is 84.9 Å². The minimum Gasteiger partial charge on any atom is -0.456 e. The topological polar surface area (TPSA) is 77.1 Å². The summed E-state index contributed by atoms with van der Waals surface area (Å²) in [4.78, 5) is 2.23. The molecular weight excluding hydrogens is 603 g/mol. The lowest BCUT2D eigenvalue weighted by molar-refractivity contribution is 0.669. The largest absolute Gasteiger partial charge is 0.456 e. The van der Waals surface area contributed by atoms with E-state index in [1.165, 1.54) is 0 Å². The van der Waals surface area contributed by atoms with Crippen molar-refractivity contribution in [3.05, 3.63) is 163 Å². The zero-order valence-electron chi connectivity index (χ0n) is 26.1. The molecule has 228 valence electrons. The maximum atomic E-state index is 9.57. The van der Waals surface area contributed by atoms with E-state index in [0.29, 0.717) is 11.1 Å². The molecule has 0 aliphatic carbocycles. The molecule has 49 heavy (non-hydrogen) atoms. The van der Waals surface area contributed by atoms with Crippen molar-refractivity contribution in [1.82, 2.24) is 0 Å². The van der Waals surface area contributed by atoms with Crippen LogP contribution in [0.2, 0.25) is 0 Å². The monoisotopic (exact) mass is 627 g/mol. The SMILES string of the molecule is N#Cc1ccc(-c2ccc(N(c3ccc(-c4cccc5c4oc4ccccc45)cc3)c3ccc4oc5ccccc5c4c3)cc2)cc1C#N. The molecule has 2 heterocycles. The number of anilines is 3. The average Bonchev–Trinajstić information content (AvgIpc) is 3.74. The van der Waals surface area contributed by atoms with Gasteiger partial charge in [-0.15, -0.1) is 0 Å². The summed E-state index contributed by atoms with van der Waals surface area (Å²) in [6.07, 6.45) is 0. The number of nitrogens with zero attached hydrogens (tertiary/aromatic N) is 3. The third-order valence-corrected chi connectivity index (χ3v) is 9.18. The third kappa shape index (κ3) is 4.69. The Balaban J connectivity index is 1.16. The lowest BCUT2D eigenvalue weighted by Gasteiger charge is -2.26. The molecule has 0 amide bonds. The van der Waals surface area contributed by atoms with Gasteiger partial charge in [-0.3, -0.25) is 0 Å². The molecule has 0 fully saturated rings. The molecule has 0 unspecified atom stereocenters. The summed E-state index contributed by atoms with van der Waals surface area (Å²) in [5, 5.41) is 23.3. The van der Waals surface area contributed by atoms with Crippen LogP contribution in [0.15, 0.2) is 160 Å². The summed E-state index contributed by atoms with van der Waals surface area (Å²) < 4.78 is 12.5. The van der Waals surface area contributed by atoms with Crippen molar-refractivity contribution >= 4 is 60.9 Å². The summed E-state index contributed by atoms with van der Waals surface area (Å²) >= 11 is 0. The lowest BCUT2D eigenvalue weighted by atomic mass is 9.99. The highest BCUT2D eigenvalue weighted by Crippen LogP contribution is 2.41. The Labute approximate surface area is 281 Å². The number of fused-ring (bicyclic) bond motifs is 6. The standard InChI is InChI=1S/C44H25N3O2/c45-26-31-13-12-30(24-32(31)27-46)28-14-18-33(19-15-28)47(35-22-23-43-40(25-35)38-7-2-3-10-41(38)48-43)34-20-16-29(17-21-34)36-8-5-9-39-37-6-1-4-11-42(37)49-44(36)39/h1-25H. The Morgan fingerprint density at radius 3 is 1.69 bits per heavy atom. The molecule has 5 nitrogen and oxygen atoms in total. The predicted octanol–water partition coefficient (Wildman–Crippen LogP) is 12.0. The summed E-state index contributed by atoms with van der Waals surface area (Å²) in [5.41, 5.74) is 11.1. The first-order valence-corrected chi connectivity index (χ1v) is 16.0. The van der Waals surface area contributed by atoms with E-state index in [1.807, 2.05) is 60.7 Å². The minimum absolute atomic E-state index is 0.366. The molecule has 0 saturated carbocycles. The fraction of sp³-hybridized carbons (Fsp3) is 0. The number of benzene rings is 7. The van der Waals surface area contributed by atoms with Gasteiger partial charge in [-0.05, 0) is 83.4 Å². The van der Waals surface area contributed by atoms with E-state index in [4.69, 9.17) is 8.83 Å². The normalized spacial score (nSPS) is 11.2. The van der Waals surface area contributed by atoms with E-state index >= 15 is 0 Å². The Kier molecular flexibility index (Phi) is 6.50. The van der Waals surface area contributed by atoms with E-state index in [0.717, 1.165) is 83.2 Å². The highest BCUT2D eigenvalue weighted by atomic mass is 16.3. The number of furan rings is 2. The van der Waals surface area contributed by atoms with Crippen molar-refractivity contribution in [2.75, 3.05) is 4.90 Å². The van der Waals surface area contributed by atoms with Gasteiger partial charge in [0.2, 0.25) is 0 Å². The molecule has 0 radical (unpaired) electrons. The summed E-state index contributed by atoms with van der Waals surface area (Å²) in [6.45, 7) is 0. The molecule has 9 aromatic rings. The maximum Gasteiger partial charge on any atom is 0.143 e. The van der Waals surface area contributed by atoms with Crippen LogP contribution in [0.25, 0.3) is 66.1 Å². The molecule has 0 saturated heterocycles. The zero-order valence-corrected chi connectivity index (χ0v) is 26.1. The maximum absolute atomic E-state index is 9.57. The van der Waals surface area contributed by atoms with Gasteiger partial charge < -0.3 is 13.7 Å².